The van der Waals surface area contributed by atoms with Crippen molar-refractivity contribution in [2.45, 2.75) is 115 Å². The second kappa shape index (κ2) is 25.8. The highest BCUT2D eigenvalue weighted by atomic mass is 16.7. The first-order valence-electron chi connectivity index (χ1n) is 22.8. The zero-order valence-electron chi connectivity index (χ0n) is 37.4. The van der Waals surface area contributed by atoms with E-state index in [1.807, 2.05) is 13.0 Å². The van der Waals surface area contributed by atoms with Gasteiger partial charge in [-0.3, -0.25) is 0 Å². The molecule has 1 aliphatic rings. The molecular weight excluding hydrogens is 841 g/mol. The lowest BCUT2D eigenvalue weighted by molar-refractivity contribution is -0.309. The predicted molar refractivity (Wildman–Crippen MR) is 246 cm³/mol. The highest BCUT2D eigenvalue weighted by molar-refractivity contribution is 5.92. The van der Waals surface area contributed by atoms with Gasteiger partial charge in [0.15, 0.2) is 24.6 Å². The Morgan fingerprint density at radius 3 is 1.33 bits per heavy atom. The van der Waals surface area contributed by atoms with E-state index in [1.54, 1.807) is 146 Å². The topological polar surface area (TPSA) is 150 Å². The standard InChI is InChI=1S/C54H58O12/c1-3-4-11-35-44(36-23-5-12-24-38(2)61-50(56)40-27-15-7-16-28-40)62-54-48(66-53(59)43-33-21-10-22-34-43)47(65-52(58)42-31-19-9-20-32-42)46(64-51(57)41-29-17-8-18-30-41)45(63-54)37-60-49(55)39-25-13-6-14-26-39/h6-10,13-22,25-34,38,44-48,54H,3-5,11-12,23-24,35-37H2,1-2H3/t38-,44+,45+,46+,47-,48+,54+/m0/s1. The van der Waals surface area contributed by atoms with Crippen LogP contribution in [0.3, 0.4) is 0 Å². The maximum atomic E-state index is 14.1. The fourth-order valence-electron chi connectivity index (χ4n) is 7.59. The SMILES string of the molecule is CCCCC[C@H](CCCCC[C@H](C)OC(=O)c1ccccc1)O[C@@H]1O[C@H](COC(=O)c2ccccc2)[C@@H](OC(=O)c2ccccc2)[C@H](OC(=O)c2ccccc2)[C@H]1OC(=O)c1ccccc1. The smallest absolute Gasteiger partial charge is 0.338 e. The molecule has 346 valence electrons. The Morgan fingerprint density at radius 1 is 0.470 bits per heavy atom. The van der Waals surface area contributed by atoms with Gasteiger partial charge in [0, 0.05) is 0 Å². The summed E-state index contributed by atoms with van der Waals surface area (Å²) >= 11 is 0. The van der Waals surface area contributed by atoms with E-state index in [1.165, 1.54) is 0 Å². The molecule has 7 atom stereocenters. The molecule has 66 heavy (non-hydrogen) atoms. The van der Waals surface area contributed by atoms with Crippen molar-refractivity contribution in [2.24, 2.45) is 0 Å². The molecule has 5 aromatic carbocycles. The monoisotopic (exact) mass is 898 g/mol. The molecule has 1 heterocycles. The molecule has 5 aromatic rings. The molecule has 0 saturated carbocycles. The van der Waals surface area contributed by atoms with Crippen molar-refractivity contribution in [3.05, 3.63) is 179 Å². The number of hydrogen-bond acceptors (Lipinski definition) is 12. The summed E-state index contributed by atoms with van der Waals surface area (Å²) in [4.78, 5) is 68.0. The number of unbranched alkanes of at least 4 members (excludes halogenated alkanes) is 4. The minimum atomic E-state index is -1.52. The molecule has 0 aliphatic carbocycles. The Balaban J connectivity index is 1.29. The highest BCUT2D eigenvalue weighted by Crippen LogP contribution is 2.33. The molecule has 6 rings (SSSR count). The molecule has 12 nitrogen and oxygen atoms in total. The molecule has 0 N–H and O–H groups in total. The van der Waals surface area contributed by atoms with Gasteiger partial charge in [0.2, 0.25) is 0 Å². The van der Waals surface area contributed by atoms with Crippen LogP contribution in [0.5, 0.6) is 0 Å². The van der Waals surface area contributed by atoms with Crippen molar-refractivity contribution in [2.75, 3.05) is 6.61 Å². The summed E-state index contributed by atoms with van der Waals surface area (Å²) in [6, 6.07) is 42.1. The number of carbonyl (C=O) groups excluding carboxylic acids is 5. The van der Waals surface area contributed by atoms with Crippen LogP contribution < -0.4 is 0 Å². The maximum Gasteiger partial charge on any atom is 0.338 e. The molecule has 1 saturated heterocycles. The van der Waals surface area contributed by atoms with Gasteiger partial charge in [-0.2, -0.15) is 0 Å². The normalized spacial score (nSPS) is 18.8. The van der Waals surface area contributed by atoms with Gasteiger partial charge >= 0.3 is 29.8 Å². The number of rotatable bonds is 23. The number of benzene rings is 5. The van der Waals surface area contributed by atoms with Crippen LogP contribution in [0.1, 0.15) is 123 Å². The summed E-state index contributed by atoms with van der Waals surface area (Å²) in [5.41, 5.74) is 1.38. The first-order chi connectivity index (χ1) is 32.2. The third-order valence-electron chi connectivity index (χ3n) is 11.1. The number of carbonyl (C=O) groups is 5. The third kappa shape index (κ3) is 14.7. The fourth-order valence-corrected chi connectivity index (χ4v) is 7.59. The van der Waals surface area contributed by atoms with Crippen LogP contribution in [0.15, 0.2) is 152 Å². The second-order valence-electron chi connectivity index (χ2n) is 16.2. The van der Waals surface area contributed by atoms with Crippen LogP contribution in [0.2, 0.25) is 0 Å². The second-order valence-corrected chi connectivity index (χ2v) is 16.2. The maximum absolute atomic E-state index is 14.1. The van der Waals surface area contributed by atoms with Crippen LogP contribution >= 0.6 is 0 Å². The molecule has 0 radical (unpaired) electrons. The summed E-state index contributed by atoms with van der Waals surface area (Å²) in [6.07, 6.45) is -0.849. The number of ether oxygens (including phenoxy) is 7. The molecule has 1 aliphatic heterocycles. The largest absolute Gasteiger partial charge is 0.459 e. The fraction of sp³-hybridized carbons (Fsp3) is 0.352. The molecule has 0 unspecified atom stereocenters. The van der Waals surface area contributed by atoms with E-state index in [0.29, 0.717) is 24.8 Å². The summed E-state index contributed by atoms with van der Waals surface area (Å²) < 4.78 is 43.7. The number of hydrogen-bond donors (Lipinski definition) is 0. The van der Waals surface area contributed by atoms with Gasteiger partial charge in [-0.15, -0.1) is 0 Å². The lowest BCUT2D eigenvalue weighted by atomic mass is 9.97. The summed E-state index contributed by atoms with van der Waals surface area (Å²) in [5.74, 6) is -3.35. The van der Waals surface area contributed by atoms with Gasteiger partial charge in [-0.1, -0.05) is 130 Å². The van der Waals surface area contributed by atoms with E-state index in [9.17, 15) is 24.0 Å². The quantitative estimate of drug-likeness (QED) is 0.0349. The molecule has 0 aromatic heterocycles. The van der Waals surface area contributed by atoms with Crippen LogP contribution in [0.4, 0.5) is 0 Å². The van der Waals surface area contributed by atoms with Crippen molar-refractivity contribution >= 4 is 29.8 Å². The van der Waals surface area contributed by atoms with Crippen molar-refractivity contribution < 1.29 is 57.1 Å². The van der Waals surface area contributed by atoms with E-state index >= 15 is 0 Å². The van der Waals surface area contributed by atoms with E-state index in [2.05, 4.69) is 6.92 Å². The van der Waals surface area contributed by atoms with Crippen molar-refractivity contribution in [1.82, 2.24) is 0 Å². The van der Waals surface area contributed by atoms with E-state index < -0.39 is 67.3 Å². The Hall–Kier alpha value is -6.63. The van der Waals surface area contributed by atoms with Crippen LogP contribution in [0.25, 0.3) is 0 Å². The van der Waals surface area contributed by atoms with Crippen molar-refractivity contribution in [1.29, 1.82) is 0 Å². The van der Waals surface area contributed by atoms with Gasteiger partial charge in [-0.05, 0) is 93.3 Å². The minimum absolute atomic E-state index is 0.191. The molecule has 1 fully saturated rings. The Morgan fingerprint density at radius 2 is 0.864 bits per heavy atom. The van der Waals surface area contributed by atoms with Crippen molar-refractivity contribution in [3.63, 3.8) is 0 Å². The van der Waals surface area contributed by atoms with Crippen LogP contribution in [-0.4, -0.2) is 79.4 Å². The zero-order valence-corrected chi connectivity index (χ0v) is 37.4. The minimum Gasteiger partial charge on any atom is -0.459 e. The van der Waals surface area contributed by atoms with E-state index in [4.69, 9.17) is 33.2 Å². The average molecular weight is 899 g/mol. The first-order valence-corrected chi connectivity index (χ1v) is 22.8. The first kappa shape index (κ1) is 48.8. The van der Waals surface area contributed by atoms with Gasteiger partial charge in [0.25, 0.3) is 0 Å². The molecule has 0 amide bonds. The molecule has 12 heteroatoms. The van der Waals surface area contributed by atoms with Crippen molar-refractivity contribution in [3.8, 4) is 0 Å². The van der Waals surface area contributed by atoms with E-state index in [-0.39, 0.29) is 34.3 Å². The molecule has 0 bridgehead atoms. The highest BCUT2D eigenvalue weighted by Gasteiger charge is 2.54. The lowest BCUT2D eigenvalue weighted by Crippen LogP contribution is -2.63. The van der Waals surface area contributed by atoms with Gasteiger partial charge < -0.3 is 33.2 Å². The Labute approximate surface area is 386 Å². The molecular formula is C54H58O12. The van der Waals surface area contributed by atoms with Gasteiger partial charge in [0.1, 0.15) is 12.7 Å². The van der Waals surface area contributed by atoms with Gasteiger partial charge in [0.05, 0.1) is 40.0 Å². The summed E-state index contributed by atoms with van der Waals surface area (Å²) in [6.45, 7) is 3.54. The van der Waals surface area contributed by atoms with Crippen LogP contribution in [-0.2, 0) is 33.2 Å². The predicted octanol–water partition coefficient (Wildman–Crippen LogP) is 10.4. The average Bonchev–Trinajstić information content (AvgIpc) is 3.36. The Kier molecular flexibility index (Phi) is 19.0. The zero-order chi connectivity index (χ0) is 46.5. The van der Waals surface area contributed by atoms with E-state index in [0.717, 1.165) is 38.5 Å². The molecule has 0 spiro atoms. The van der Waals surface area contributed by atoms with Crippen LogP contribution in [0, 0.1) is 0 Å². The summed E-state index contributed by atoms with van der Waals surface area (Å²) in [5, 5.41) is 0. The third-order valence-corrected chi connectivity index (χ3v) is 11.1. The lowest BCUT2D eigenvalue weighted by Gasteiger charge is -2.45. The Bertz CT molecular complexity index is 2260. The number of esters is 5. The van der Waals surface area contributed by atoms with Gasteiger partial charge in [-0.25, -0.2) is 24.0 Å². The summed E-state index contributed by atoms with van der Waals surface area (Å²) in [7, 11) is 0.